The van der Waals surface area contributed by atoms with Crippen LogP contribution in [0.3, 0.4) is 0 Å². The molecule has 1 fully saturated rings. The van der Waals surface area contributed by atoms with Crippen LogP contribution in [0, 0.1) is 12.3 Å². The number of aryl methyl sites for hydroxylation is 2. The molecule has 2 aromatic rings. The minimum absolute atomic E-state index is 0.282. The Balaban J connectivity index is 1.61. The van der Waals surface area contributed by atoms with Crippen molar-refractivity contribution >= 4 is 0 Å². The van der Waals surface area contributed by atoms with Crippen LogP contribution < -0.4 is 0 Å². The van der Waals surface area contributed by atoms with Crippen LogP contribution in [0.4, 0.5) is 0 Å². The van der Waals surface area contributed by atoms with Crippen LogP contribution in [-0.4, -0.2) is 36.2 Å². The van der Waals surface area contributed by atoms with E-state index in [4.69, 9.17) is 4.74 Å². The lowest BCUT2D eigenvalue weighted by Gasteiger charge is -2.29. The summed E-state index contributed by atoms with van der Waals surface area (Å²) in [4.78, 5) is 7.00. The number of rotatable bonds is 8. The summed E-state index contributed by atoms with van der Waals surface area (Å²) in [5.74, 6) is 0. The largest absolute Gasteiger partial charge is 0.381 e. The summed E-state index contributed by atoms with van der Waals surface area (Å²) < 4.78 is 5.88. The number of aromatic nitrogens is 1. The van der Waals surface area contributed by atoms with E-state index in [1.807, 2.05) is 13.1 Å². The fourth-order valence-electron chi connectivity index (χ4n) is 3.78. The van der Waals surface area contributed by atoms with Crippen molar-refractivity contribution in [3.63, 3.8) is 0 Å². The van der Waals surface area contributed by atoms with Gasteiger partial charge in [-0.2, -0.15) is 0 Å². The smallest absolute Gasteiger partial charge is 0.0535 e. The minimum Gasteiger partial charge on any atom is -0.381 e. The molecule has 1 saturated heterocycles. The van der Waals surface area contributed by atoms with E-state index >= 15 is 0 Å². The highest BCUT2D eigenvalue weighted by molar-refractivity contribution is 5.16. The molecule has 0 radical (unpaired) electrons. The van der Waals surface area contributed by atoms with Crippen LogP contribution >= 0.6 is 0 Å². The number of nitrogens with zero attached hydrogens (tertiary/aromatic N) is 2. The van der Waals surface area contributed by atoms with Gasteiger partial charge in [0.1, 0.15) is 0 Å². The highest BCUT2D eigenvalue weighted by atomic mass is 16.5. The standard InChI is InChI=1S/C22H30N2O/c1-3-25-18-22(12-11-20-7-5-4-6-8-20)13-14-24(17-22)16-21-10-9-19(2)23-15-21/h4-10,15H,3,11-14,16-18H2,1-2H3/t22-/m0/s1. The van der Waals surface area contributed by atoms with Crippen molar-refractivity contribution in [2.75, 3.05) is 26.3 Å². The molecule has 1 aliphatic rings. The molecular weight excluding hydrogens is 308 g/mol. The van der Waals surface area contributed by atoms with Gasteiger partial charge in [-0.25, -0.2) is 0 Å². The summed E-state index contributed by atoms with van der Waals surface area (Å²) in [6, 6.07) is 15.1. The average Bonchev–Trinajstić information content (AvgIpc) is 3.04. The summed E-state index contributed by atoms with van der Waals surface area (Å²) in [7, 11) is 0. The summed E-state index contributed by atoms with van der Waals surface area (Å²) in [6.07, 6.45) is 5.56. The van der Waals surface area contributed by atoms with Crippen LogP contribution in [0.2, 0.25) is 0 Å². The van der Waals surface area contributed by atoms with E-state index in [0.29, 0.717) is 0 Å². The molecule has 1 aromatic carbocycles. The second-order valence-corrected chi connectivity index (χ2v) is 7.39. The van der Waals surface area contributed by atoms with Crippen LogP contribution in [-0.2, 0) is 17.7 Å². The second-order valence-electron chi connectivity index (χ2n) is 7.39. The van der Waals surface area contributed by atoms with E-state index in [9.17, 15) is 0 Å². The van der Waals surface area contributed by atoms with Gasteiger partial charge in [-0.1, -0.05) is 36.4 Å². The fourth-order valence-corrected chi connectivity index (χ4v) is 3.78. The van der Waals surface area contributed by atoms with Gasteiger partial charge in [0.15, 0.2) is 0 Å². The molecule has 0 aliphatic carbocycles. The maximum Gasteiger partial charge on any atom is 0.0535 e. The average molecular weight is 338 g/mol. The molecule has 1 aliphatic heterocycles. The van der Waals surface area contributed by atoms with Crippen LogP contribution in [0.15, 0.2) is 48.7 Å². The van der Waals surface area contributed by atoms with Gasteiger partial charge in [0.05, 0.1) is 6.61 Å². The van der Waals surface area contributed by atoms with Gasteiger partial charge in [0.25, 0.3) is 0 Å². The topological polar surface area (TPSA) is 25.4 Å². The van der Waals surface area contributed by atoms with Gasteiger partial charge >= 0.3 is 0 Å². The van der Waals surface area contributed by atoms with Gasteiger partial charge in [0, 0.05) is 37.0 Å². The molecule has 0 amide bonds. The van der Waals surface area contributed by atoms with E-state index in [-0.39, 0.29) is 5.41 Å². The predicted molar refractivity (Wildman–Crippen MR) is 103 cm³/mol. The Morgan fingerprint density at radius 3 is 2.68 bits per heavy atom. The first-order chi connectivity index (χ1) is 12.2. The number of likely N-dealkylation sites (tertiary alicyclic amines) is 1. The first-order valence-electron chi connectivity index (χ1n) is 9.45. The Morgan fingerprint density at radius 1 is 1.12 bits per heavy atom. The summed E-state index contributed by atoms with van der Waals surface area (Å²) >= 11 is 0. The monoisotopic (exact) mass is 338 g/mol. The van der Waals surface area contributed by atoms with Crippen molar-refractivity contribution in [1.82, 2.24) is 9.88 Å². The third-order valence-electron chi connectivity index (χ3n) is 5.30. The summed E-state index contributed by atoms with van der Waals surface area (Å²) in [6.45, 7) is 9.07. The lowest BCUT2D eigenvalue weighted by molar-refractivity contribution is 0.0489. The molecule has 1 atom stereocenters. The van der Waals surface area contributed by atoms with E-state index in [0.717, 1.165) is 45.0 Å². The Labute approximate surface area is 152 Å². The molecular formula is C22H30N2O. The van der Waals surface area contributed by atoms with Crippen molar-refractivity contribution in [2.24, 2.45) is 5.41 Å². The van der Waals surface area contributed by atoms with Crippen molar-refractivity contribution in [2.45, 2.75) is 39.7 Å². The maximum absolute atomic E-state index is 5.88. The van der Waals surface area contributed by atoms with Gasteiger partial charge in [-0.15, -0.1) is 0 Å². The first kappa shape index (κ1) is 18.1. The van der Waals surface area contributed by atoms with Gasteiger partial charge < -0.3 is 4.74 Å². The third-order valence-corrected chi connectivity index (χ3v) is 5.30. The molecule has 0 N–H and O–H groups in total. The zero-order chi connectivity index (χ0) is 17.5. The zero-order valence-corrected chi connectivity index (χ0v) is 15.6. The number of pyridine rings is 1. The Bertz CT molecular complexity index is 641. The van der Waals surface area contributed by atoms with Crippen molar-refractivity contribution in [3.05, 3.63) is 65.5 Å². The lowest BCUT2D eigenvalue weighted by Crippen LogP contribution is -2.32. The third kappa shape index (κ3) is 5.13. The molecule has 2 heterocycles. The predicted octanol–water partition coefficient (Wildman–Crippen LogP) is 4.25. The number of ether oxygens (including phenoxy) is 1. The van der Waals surface area contributed by atoms with Gasteiger partial charge in [0.2, 0.25) is 0 Å². The number of benzene rings is 1. The normalized spacial score (nSPS) is 20.9. The van der Waals surface area contributed by atoms with E-state index in [2.05, 4.69) is 59.3 Å². The molecule has 3 heteroatoms. The molecule has 0 saturated carbocycles. The maximum atomic E-state index is 5.88. The second kappa shape index (κ2) is 8.59. The molecule has 0 unspecified atom stereocenters. The quantitative estimate of drug-likeness (QED) is 0.719. The summed E-state index contributed by atoms with van der Waals surface area (Å²) in [5.41, 5.74) is 4.10. The molecule has 3 rings (SSSR count). The minimum atomic E-state index is 0.282. The molecule has 3 nitrogen and oxygen atoms in total. The van der Waals surface area contributed by atoms with E-state index in [1.165, 1.54) is 24.0 Å². The Morgan fingerprint density at radius 2 is 1.96 bits per heavy atom. The molecule has 0 spiro atoms. The van der Waals surface area contributed by atoms with Crippen molar-refractivity contribution in [1.29, 1.82) is 0 Å². The number of hydrogen-bond donors (Lipinski definition) is 0. The van der Waals surface area contributed by atoms with Crippen LogP contribution in [0.1, 0.15) is 36.6 Å². The zero-order valence-electron chi connectivity index (χ0n) is 15.6. The molecule has 25 heavy (non-hydrogen) atoms. The molecule has 134 valence electrons. The Kier molecular flexibility index (Phi) is 6.22. The highest BCUT2D eigenvalue weighted by Crippen LogP contribution is 2.36. The SMILES string of the molecule is CCOC[C@@]1(CCc2ccccc2)CCN(Cc2ccc(C)nc2)C1. The molecule has 1 aromatic heterocycles. The fraction of sp³-hybridized carbons (Fsp3) is 0.500. The van der Waals surface area contributed by atoms with Gasteiger partial charge in [-0.3, -0.25) is 9.88 Å². The summed E-state index contributed by atoms with van der Waals surface area (Å²) in [5, 5.41) is 0. The molecule has 0 bridgehead atoms. The van der Waals surface area contributed by atoms with Crippen molar-refractivity contribution in [3.8, 4) is 0 Å². The van der Waals surface area contributed by atoms with E-state index in [1.54, 1.807) is 0 Å². The Hall–Kier alpha value is -1.71. The van der Waals surface area contributed by atoms with Crippen molar-refractivity contribution < 1.29 is 4.74 Å². The van der Waals surface area contributed by atoms with E-state index < -0.39 is 0 Å². The van der Waals surface area contributed by atoms with Gasteiger partial charge in [-0.05, 0) is 56.8 Å². The first-order valence-corrected chi connectivity index (χ1v) is 9.45. The number of hydrogen-bond acceptors (Lipinski definition) is 3. The highest BCUT2D eigenvalue weighted by Gasteiger charge is 2.37. The van der Waals surface area contributed by atoms with Crippen LogP contribution in [0.5, 0.6) is 0 Å². The van der Waals surface area contributed by atoms with Crippen LogP contribution in [0.25, 0.3) is 0 Å². The lowest BCUT2D eigenvalue weighted by atomic mass is 9.82.